The van der Waals surface area contributed by atoms with Crippen molar-refractivity contribution >= 4 is 17.1 Å². The van der Waals surface area contributed by atoms with Crippen LogP contribution in [0.2, 0.25) is 0 Å². The topological polar surface area (TPSA) is 52.6 Å². The lowest BCUT2D eigenvalue weighted by Crippen LogP contribution is -2.48. The quantitative estimate of drug-likeness (QED) is 0.209. The fourth-order valence-corrected chi connectivity index (χ4v) is 4.60. The maximum Gasteiger partial charge on any atom is 0.220 e. The maximum atomic E-state index is 14.3. The summed E-state index contributed by atoms with van der Waals surface area (Å²) in [7, 11) is 0. The number of benzene rings is 4. The van der Waals surface area contributed by atoms with Crippen molar-refractivity contribution in [3.63, 3.8) is 0 Å². The molecule has 0 radical (unpaired) electrons. The summed E-state index contributed by atoms with van der Waals surface area (Å²) in [5, 5.41) is 0. The highest BCUT2D eigenvalue weighted by molar-refractivity contribution is 6.30. The first kappa shape index (κ1) is 23.5. The van der Waals surface area contributed by atoms with Crippen LogP contribution in [0.1, 0.15) is 44.9 Å². The van der Waals surface area contributed by atoms with E-state index in [0.29, 0.717) is 23.3 Å². The van der Waals surface area contributed by atoms with Crippen molar-refractivity contribution in [1.82, 2.24) is 0 Å². The molecule has 1 atom stereocenters. The Bertz CT molecular complexity index is 1320. The summed E-state index contributed by atoms with van der Waals surface area (Å²) in [6, 6.07) is 34.8. The monoisotopic (exact) mass is 474 g/mol. The number of ketones is 2. The van der Waals surface area contributed by atoms with E-state index in [2.05, 4.69) is 0 Å². The third kappa shape index (κ3) is 4.28. The fourth-order valence-electron chi connectivity index (χ4n) is 4.60. The van der Waals surface area contributed by atoms with Gasteiger partial charge in [-0.1, -0.05) is 103 Å². The van der Waals surface area contributed by atoms with Crippen LogP contribution in [0.4, 0.5) is 0 Å². The molecule has 0 aliphatic carbocycles. The minimum atomic E-state index is -1.85. The average Bonchev–Trinajstić information content (AvgIpc) is 3.36. The van der Waals surface area contributed by atoms with Gasteiger partial charge in [-0.2, -0.15) is 0 Å². The highest BCUT2D eigenvalue weighted by Crippen LogP contribution is 2.47. The van der Waals surface area contributed by atoms with Crippen molar-refractivity contribution in [2.75, 3.05) is 6.61 Å². The molecule has 0 saturated carbocycles. The molecule has 0 spiro atoms. The molecule has 1 unspecified atom stereocenters. The number of rotatable bonds is 8. The van der Waals surface area contributed by atoms with Crippen LogP contribution >= 0.6 is 0 Å². The average molecular weight is 475 g/mol. The second-order valence-corrected chi connectivity index (χ2v) is 8.56. The van der Waals surface area contributed by atoms with Gasteiger partial charge < -0.3 is 9.47 Å². The van der Waals surface area contributed by atoms with Crippen LogP contribution in [0.5, 0.6) is 5.75 Å². The van der Waals surface area contributed by atoms with E-state index in [-0.39, 0.29) is 0 Å². The van der Waals surface area contributed by atoms with Gasteiger partial charge in [-0.15, -0.1) is 0 Å². The van der Waals surface area contributed by atoms with Crippen molar-refractivity contribution in [3.8, 4) is 5.75 Å². The molecule has 1 heterocycles. The fraction of sp³-hybridized carbons (Fsp3) is 0.125. The van der Waals surface area contributed by atoms with Crippen molar-refractivity contribution in [2.45, 2.75) is 18.6 Å². The van der Waals surface area contributed by atoms with Gasteiger partial charge in [0, 0.05) is 16.7 Å². The van der Waals surface area contributed by atoms with Crippen molar-refractivity contribution in [3.05, 3.63) is 144 Å². The standard InChI is InChI=1S/C32H26O4/c1-2-35-27-20-18-23(19-21-27)28-22-29(24-12-6-3-7-13-24)36-32(28,30(33)25-14-8-4-9-15-25)31(34)26-16-10-5-11-17-26/h3-22,29H,2H2,1H3. The molecular weight excluding hydrogens is 448 g/mol. The molecule has 0 aromatic heterocycles. The van der Waals surface area contributed by atoms with Gasteiger partial charge in [-0.25, -0.2) is 0 Å². The number of Topliss-reactive ketones (excluding diaryl/α,β-unsaturated/α-hetero) is 2. The lowest BCUT2D eigenvalue weighted by atomic mass is 9.77. The summed E-state index contributed by atoms with van der Waals surface area (Å²) >= 11 is 0. The molecule has 4 nitrogen and oxygen atoms in total. The first-order valence-electron chi connectivity index (χ1n) is 12.0. The van der Waals surface area contributed by atoms with Crippen molar-refractivity contribution in [1.29, 1.82) is 0 Å². The molecule has 36 heavy (non-hydrogen) atoms. The first-order chi connectivity index (χ1) is 17.6. The molecule has 178 valence electrons. The Hall–Kier alpha value is -4.28. The van der Waals surface area contributed by atoms with Crippen molar-refractivity contribution in [2.24, 2.45) is 0 Å². The Labute approximate surface area is 210 Å². The lowest BCUT2D eigenvalue weighted by Gasteiger charge is -2.31. The smallest absolute Gasteiger partial charge is 0.220 e. The summed E-state index contributed by atoms with van der Waals surface area (Å²) in [5.41, 5.74) is 1.09. The molecule has 4 heteroatoms. The van der Waals surface area contributed by atoms with E-state index in [4.69, 9.17) is 9.47 Å². The second kappa shape index (κ2) is 10.1. The number of carbonyl (C=O) groups excluding carboxylic acids is 2. The van der Waals surface area contributed by atoms with E-state index in [0.717, 1.165) is 16.9 Å². The first-order valence-corrected chi connectivity index (χ1v) is 12.0. The zero-order valence-corrected chi connectivity index (χ0v) is 20.0. The Balaban J connectivity index is 1.72. The van der Waals surface area contributed by atoms with Gasteiger partial charge >= 0.3 is 0 Å². The molecule has 4 aromatic carbocycles. The molecule has 0 fully saturated rings. The van der Waals surface area contributed by atoms with Gasteiger partial charge in [-0.05, 0) is 36.3 Å². The van der Waals surface area contributed by atoms with Crippen LogP contribution < -0.4 is 4.74 Å². The van der Waals surface area contributed by atoms with Gasteiger partial charge in [0.2, 0.25) is 17.2 Å². The molecule has 0 bridgehead atoms. The Morgan fingerprint density at radius 3 is 1.72 bits per heavy atom. The number of ether oxygens (including phenoxy) is 2. The molecule has 4 aromatic rings. The molecule has 1 aliphatic rings. The van der Waals surface area contributed by atoms with E-state index in [9.17, 15) is 9.59 Å². The molecular formula is C32H26O4. The van der Waals surface area contributed by atoms with Crippen LogP contribution in [0.15, 0.2) is 121 Å². The molecule has 0 saturated heterocycles. The summed E-state index contributed by atoms with van der Waals surface area (Å²) in [6.07, 6.45) is 1.32. The Kier molecular flexibility index (Phi) is 6.61. The van der Waals surface area contributed by atoms with Gasteiger partial charge in [-0.3, -0.25) is 9.59 Å². The number of hydrogen-bond donors (Lipinski definition) is 0. The zero-order valence-electron chi connectivity index (χ0n) is 20.0. The minimum Gasteiger partial charge on any atom is -0.494 e. The van der Waals surface area contributed by atoms with E-state index in [1.165, 1.54) is 0 Å². The third-order valence-electron chi connectivity index (χ3n) is 6.32. The van der Waals surface area contributed by atoms with Crippen molar-refractivity contribution < 1.29 is 19.1 Å². The lowest BCUT2D eigenvalue weighted by molar-refractivity contribution is 0.000416. The minimum absolute atomic E-state index is 0.393. The maximum absolute atomic E-state index is 14.3. The van der Waals surface area contributed by atoms with Crippen LogP contribution in [0.3, 0.4) is 0 Å². The van der Waals surface area contributed by atoms with Crippen LogP contribution in [0.25, 0.3) is 5.57 Å². The largest absolute Gasteiger partial charge is 0.494 e. The highest BCUT2D eigenvalue weighted by Gasteiger charge is 2.55. The van der Waals surface area contributed by atoms with E-state index >= 15 is 0 Å². The molecule has 5 rings (SSSR count). The summed E-state index contributed by atoms with van der Waals surface area (Å²) in [4.78, 5) is 28.6. The third-order valence-corrected chi connectivity index (χ3v) is 6.32. The van der Waals surface area contributed by atoms with E-state index < -0.39 is 23.3 Å². The summed E-state index contributed by atoms with van der Waals surface area (Å²) in [5.74, 6) is -0.0687. The van der Waals surface area contributed by atoms with Gasteiger partial charge in [0.1, 0.15) is 11.9 Å². The summed E-state index contributed by atoms with van der Waals surface area (Å²) in [6.45, 7) is 2.47. The van der Waals surface area contributed by atoms with Gasteiger partial charge in [0.15, 0.2) is 0 Å². The van der Waals surface area contributed by atoms with Crippen LogP contribution in [-0.2, 0) is 4.74 Å². The van der Waals surface area contributed by atoms with Crippen LogP contribution in [-0.4, -0.2) is 23.8 Å². The summed E-state index contributed by atoms with van der Waals surface area (Å²) < 4.78 is 12.2. The van der Waals surface area contributed by atoms with Gasteiger partial charge in [0.25, 0.3) is 0 Å². The van der Waals surface area contributed by atoms with E-state index in [1.807, 2.05) is 79.7 Å². The zero-order chi connectivity index (χ0) is 25.0. The SMILES string of the molecule is CCOc1ccc(C2=CC(c3ccccc3)OC2(C(=O)c2ccccc2)C(=O)c2ccccc2)cc1. The highest BCUT2D eigenvalue weighted by atomic mass is 16.5. The Morgan fingerprint density at radius 1 is 0.722 bits per heavy atom. The second-order valence-electron chi connectivity index (χ2n) is 8.56. The van der Waals surface area contributed by atoms with E-state index in [1.54, 1.807) is 48.5 Å². The molecule has 0 amide bonds. The Morgan fingerprint density at radius 2 is 1.22 bits per heavy atom. The number of hydrogen-bond acceptors (Lipinski definition) is 4. The van der Waals surface area contributed by atoms with Crippen LogP contribution in [0, 0.1) is 0 Å². The van der Waals surface area contributed by atoms with Gasteiger partial charge in [0.05, 0.1) is 6.61 Å². The molecule has 0 N–H and O–H groups in total. The predicted molar refractivity (Wildman–Crippen MR) is 140 cm³/mol. The molecule has 1 aliphatic heterocycles. The predicted octanol–water partition coefficient (Wildman–Crippen LogP) is 6.74. The normalized spacial score (nSPS) is 16.2. The number of carbonyl (C=O) groups is 2.